The highest BCUT2D eigenvalue weighted by atomic mass is 16.5. The molecule has 0 saturated heterocycles. The molecule has 0 spiro atoms. The van der Waals surface area contributed by atoms with E-state index < -0.39 is 0 Å². The average molecular weight is 415 g/mol. The van der Waals surface area contributed by atoms with Crippen LogP contribution in [0.15, 0.2) is 78.9 Å². The Balaban J connectivity index is 1.37. The van der Waals surface area contributed by atoms with Gasteiger partial charge in [-0.2, -0.15) is 0 Å². The predicted molar refractivity (Wildman–Crippen MR) is 123 cm³/mol. The molecule has 1 fully saturated rings. The fourth-order valence-corrected chi connectivity index (χ4v) is 3.42. The van der Waals surface area contributed by atoms with Crippen molar-refractivity contribution in [2.24, 2.45) is 0 Å². The van der Waals surface area contributed by atoms with Crippen molar-refractivity contribution in [1.82, 2.24) is 0 Å². The summed E-state index contributed by atoms with van der Waals surface area (Å²) < 4.78 is 5.96. The van der Waals surface area contributed by atoms with Crippen molar-refractivity contribution in [1.29, 1.82) is 0 Å². The number of anilines is 2. The molecule has 31 heavy (non-hydrogen) atoms. The van der Waals surface area contributed by atoms with Gasteiger partial charge in [-0.25, -0.2) is 0 Å². The molecule has 3 aromatic rings. The van der Waals surface area contributed by atoms with Gasteiger partial charge in [-0.15, -0.1) is 0 Å². The number of para-hydroxylation sites is 2. The summed E-state index contributed by atoms with van der Waals surface area (Å²) in [5.74, 6) is 0.420. The van der Waals surface area contributed by atoms with E-state index in [1.807, 2.05) is 72.8 Å². The molecule has 0 heterocycles. The third kappa shape index (κ3) is 5.12. The zero-order chi connectivity index (χ0) is 21.6. The second-order valence-corrected chi connectivity index (χ2v) is 7.78. The van der Waals surface area contributed by atoms with Crippen LogP contribution in [0.4, 0.5) is 11.4 Å². The van der Waals surface area contributed by atoms with Crippen molar-refractivity contribution >= 4 is 23.2 Å². The lowest BCUT2D eigenvalue weighted by atomic mass is 9.96. The van der Waals surface area contributed by atoms with Gasteiger partial charge < -0.3 is 15.0 Å². The number of amides is 2. The van der Waals surface area contributed by atoms with Gasteiger partial charge in [-0.3, -0.25) is 9.59 Å². The van der Waals surface area contributed by atoms with Crippen molar-refractivity contribution in [3.63, 3.8) is 0 Å². The Morgan fingerprint density at radius 2 is 1.61 bits per heavy atom. The fraction of sp³-hybridized carbons (Fsp3) is 0.231. The Kier molecular flexibility index (Phi) is 6.32. The summed E-state index contributed by atoms with van der Waals surface area (Å²) in [6, 6.07) is 24.2. The molecule has 5 nitrogen and oxygen atoms in total. The Hall–Kier alpha value is -3.60. The normalized spacial score (nSPS) is 13.2. The van der Waals surface area contributed by atoms with E-state index in [2.05, 4.69) is 5.32 Å². The molecule has 0 bridgehead atoms. The Morgan fingerprint density at radius 1 is 0.935 bits per heavy atom. The summed E-state index contributed by atoms with van der Waals surface area (Å²) in [7, 11) is 1.77. The summed E-state index contributed by atoms with van der Waals surface area (Å²) in [5, 5.41) is 2.92. The van der Waals surface area contributed by atoms with Crippen LogP contribution in [0.3, 0.4) is 0 Å². The number of likely N-dealkylation sites (N-methyl/N-ethyl adjacent to an activating group) is 1. The van der Waals surface area contributed by atoms with Crippen molar-refractivity contribution in [3.05, 3.63) is 90.0 Å². The second-order valence-electron chi connectivity index (χ2n) is 7.78. The molecule has 4 rings (SSSR count). The summed E-state index contributed by atoms with van der Waals surface area (Å²) in [6.45, 7) is 0. The predicted octanol–water partition coefficient (Wildman–Crippen LogP) is 5.08. The molecule has 1 N–H and O–H groups in total. The van der Waals surface area contributed by atoms with Crippen molar-refractivity contribution in [2.75, 3.05) is 17.3 Å². The molecular formula is C26H26N2O3. The number of nitrogens with zero attached hydrogens (tertiary/aromatic N) is 1. The van der Waals surface area contributed by atoms with E-state index in [1.165, 1.54) is 6.42 Å². The van der Waals surface area contributed by atoms with Crippen LogP contribution in [0, 0.1) is 0 Å². The summed E-state index contributed by atoms with van der Waals surface area (Å²) in [5.41, 5.74) is 2.95. The first kappa shape index (κ1) is 20.7. The minimum atomic E-state index is -0.206. The molecule has 5 heteroatoms. The van der Waals surface area contributed by atoms with Gasteiger partial charge in [0.05, 0.1) is 18.1 Å². The van der Waals surface area contributed by atoms with E-state index in [0.29, 0.717) is 17.0 Å². The number of benzene rings is 3. The Bertz CT molecular complexity index is 1040. The molecule has 2 amide bonds. The standard InChI is InChI=1S/C26H26N2O3/c1-28(21-8-3-2-4-9-21)25(29)18-19-14-16-20(17-15-19)27-26(30)23-12-5-6-13-24(23)31-22-10-7-11-22/h2-6,8-9,12-17,22H,7,10-11,18H2,1H3,(H,27,30). The van der Waals surface area contributed by atoms with E-state index in [1.54, 1.807) is 18.0 Å². The van der Waals surface area contributed by atoms with Gasteiger partial charge in [0.15, 0.2) is 0 Å². The second kappa shape index (κ2) is 9.47. The van der Waals surface area contributed by atoms with Crippen LogP contribution >= 0.6 is 0 Å². The number of nitrogens with one attached hydrogen (secondary N) is 1. The van der Waals surface area contributed by atoms with Crippen LogP contribution in [0.1, 0.15) is 35.2 Å². The average Bonchev–Trinajstić information content (AvgIpc) is 2.78. The van der Waals surface area contributed by atoms with Gasteiger partial charge in [0.2, 0.25) is 5.91 Å². The highest BCUT2D eigenvalue weighted by Gasteiger charge is 2.22. The van der Waals surface area contributed by atoms with E-state index in [-0.39, 0.29) is 24.3 Å². The largest absolute Gasteiger partial charge is 0.490 e. The molecule has 1 saturated carbocycles. The molecule has 1 aliphatic carbocycles. The molecule has 0 radical (unpaired) electrons. The smallest absolute Gasteiger partial charge is 0.259 e. The Labute approximate surface area is 182 Å². The van der Waals surface area contributed by atoms with Gasteiger partial charge in [-0.1, -0.05) is 42.5 Å². The van der Waals surface area contributed by atoms with Gasteiger partial charge in [0.25, 0.3) is 5.91 Å². The van der Waals surface area contributed by atoms with E-state index >= 15 is 0 Å². The first-order valence-electron chi connectivity index (χ1n) is 10.6. The van der Waals surface area contributed by atoms with E-state index in [4.69, 9.17) is 4.74 Å². The van der Waals surface area contributed by atoms with Crippen molar-refractivity contribution in [3.8, 4) is 5.75 Å². The lowest BCUT2D eigenvalue weighted by molar-refractivity contribution is -0.117. The van der Waals surface area contributed by atoms with Crippen LogP contribution < -0.4 is 15.0 Å². The molecule has 0 unspecified atom stereocenters. The summed E-state index contributed by atoms with van der Waals surface area (Å²) >= 11 is 0. The van der Waals surface area contributed by atoms with Crippen LogP contribution in [0.5, 0.6) is 5.75 Å². The highest BCUT2D eigenvalue weighted by Crippen LogP contribution is 2.28. The minimum absolute atomic E-state index is 0.00468. The number of carbonyl (C=O) groups excluding carboxylic acids is 2. The third-order valence-electron chi connectivity index (χ3n) is 5.56. The number of hydrogen-bond acceptors (Lipinski definition) is 3. The SMILES string of the molecule is CN(C(=O)Cc1ccc(NC(=O)c2ccccc2OC2CCC2)cc1)c1ccccc1. The molecule has 1 aliphatic rings. The highest BCUT2D eigenvalue weighted by molar-refractivity contribution is 6.06. The fourth-order valence-electron chi connectivity index (χ4n) is 3.42. The maximum atomic E-state index is 12.8. The first-order chi connectivity index (χ1) is 15.1. The van der Waals surface area contributed by atoms with Crippen LogP contribution in [0.2, 0.25) is 0 Å². The van der Waals surface area contributed by atoms with Crippen LogP contribution in [0.25, 0.3) is 0 Å². The number of ether oxygens (including phenoxy) is 1. The molecule has 0 aliphatic heterocycles. The lowest BCUT2D eigenvalue weighted by Crippen LogP contribution is -2.27. The van der Waals surface area contributed by atoms with Gasteiger partial charge in [0.1, 0.15) is 5.75 Å². The van der Waals surface area contributed by atoms with Crippen LogP contribution in [-0.2, 0) is 11.2 Å². The molecule has 158 valence electrons. The molecule has 0 aromatic heterocycles. The van der Waals surface area contributed by atoms with Crippen LogP contribution in [-0.4, -0.2) is 25.0 Å². The zero-order valence-corrected chi connectivity index (χ0v) is 17.6. The lowest BCUT2D eigenvalue weighted by Gasteiger charge is -2.27. The van der Waals surface area contributed by atoms with Gasteiger partial charge in [0, 0.05) is 18.4 Å². The van der Waals surface area contributed by atoms with Crippen molar-refractivity contribution < 1.29 is 14.3 Å². The van der Waals surface area contributed by atoms with E-state index in [0.717, 1.165) is 24.1 Å². The summed E-state index contributed by atoms with van der Waals surface area (Å²) in [6.07, 6.45) is 3.75. The third-order valence-corrected chi connectivity index (χ3v) is 5.56. The van der Waals surface area contributed by atoms with Gasteiger partial charge in [-0.05, 0) is 61.2 Å². The molecular weight excluding hydrogens is 388 g/mol. The maximum absolute atomic E-state index is 12.8. The topological polar surface area (TPSA) is 58.6 Å². The number of carbonyl (C=O) groups is 2. The first-order valence-corrected chi connectivity index (χ1v) is 10.6. The number of hydrogen-bond donors (Lipinski definition) is 1. The molecule has 3 aromatic carbocycles. The zero-order valence-electron chi connectivity index (χ0n) is 17.6. The van der Waals surface area contributed by atoms with E-state index in [9.17, 15) is 9.59 Å². The van der Waals surface area contributed by atoms with Crippen molar-refractivity contribution in [2.45, 2.75) is 31.8 Å². The Morgan fingerprint density at radius 3 is 2.29 bits per heavy atom. The quantitative estimate of drug-likeness (QED) is 0.587. The monoisotopic (exact) mass is 414 g/mol. The van der Waals surface area contributed by atoms with Gasteiger partial charge >= 0.3 is 0 Å². The molecule has 0 atom stereocenters. The number of rotatable bonds is 7. The summed E-state index contributed by atoms with van der Waals surface area (Å²) in [4.78, 5) is 27.0. The minimum Gasteiger partial charge on any atom is -0.490 e. The maximum Gasteiger partial charge on any atom is 0.259 e.